The van der Waals surface area contributed by atoms with E-state index in [-0.39, 0.29) is 5.91 Å². The summed E-state index contributed by atoms with van der Waals surface area (Å²) >= 11 is 13.4. The van der Waals surface area contributed by atoms with E-state index in [2.05, 4.69) is 10.3 Å². The predicted octanol–water partition coefficient (Wildman–Crippen LogP) is 3.36. The first kappa shape index (κ1) is 17.9. The molecule has 130 valence electrons. The number of aromatic nitrogens is 1. The monoisotopic (exact) mass is 407 g/mol. The van der Waals surface area contributed by atoms with Gasteiger partial charge in [-0.3, -0.25) is 4.79 Å². The molecule has 10 heteroatoms. The summed E-state index contributed by atoms with van der Waals surface area (Å²) < 4.78 is 25.7. The van der Waals surface area contributed by atoms with E-state index in [1.807, 2.05) is 0 Å². The van der Waals surface area contributed by atoms with Gasteiger partial charge in [0.2, 0.25) is 15.9 Å². The molecule has 1 atom stereocenters. The molecule has 1 aromatic carbocycles. The number of fused-ring (bicyclic) bond motifs is 1. The average Bonchev–Trinajstić information content (AvgIpc) is 2.95. The summed E-state index contributed by atoms with van der Waals surface area (Å²) in [5, 5.41) is 4.00. The Kier molecular flexibility index (Phi) is 5.04. The van der Waals surface area contributed by atoms with E-state index in [4.69, 9.17) is 23.2 Å². The maximum Gasteiger partial charge on any atom is 0.244 e. The summed E-state index contributed by atoms with van der Waals surface area (Å²) in [5.74, 6) is -0.383. The Morgan fingerprint density at radius 2 is 2.04 bits per heavy atom. The number of nitrogens with one attached hydrogen (secondary N) is 1. The van der Waals surface area contributed by atoms with Gasteiger partial charge in [-0.2, -0.15) is 4.31 Å². The van der Waals surface area contributed by atoms with Crippen molar-refractivity contribution in [1.82, 2.24) is 9.29 Å². The van der Waals surface area contributed by atoms with Crippen LogP contribution in [0.2, 0.25) is 10.0 Å². The molecule has 1 amide bonds. The van der Waals surface area contributed by atoms with E-state index in [0.717, 1.165) is 19.1 Å². The predicted molar refractivity (Wildman–Crippen MR) is 97.5 cm³/mol. The van der Waals surface area contributed by atoms with Crippen molar-refractivity contribution in [3.63, 3.8) is 0 Å². The van der Waals surface area contributed by atoms with Gasteiger partial charge in [0.1, 0.15) is 11.6 Å². The molecule has 0 spiro atoms. The van der Waals surface area contributed by atoms with Crippen molar-refractivity contribution in [2.75, 3.05) is 18.1 Å². The van der Waals surface area contributed by atoms with Crippen molar-refractivity contribution in [1.29, 1.82) is 0 Å². The minimum atomic E-state index is -3.44. The average molecular weight is 408 g/mol. The van der Waals surface area contributed by atoms with Gasteiger partial charge in [0.15, 0.2) is 5.13 Å². The van der Waals surface area contributed by atoms with Gasteiger partial charge >= 0.3 is 0 Å². The zero-order chi connectivity index (χ0) is 17.5. The largest absolute Gasteiger partial charge is 0.301 e. The molecule has 1 aromatic heterocycles. The van der Waals surface area contributed by atoms with Gasteiger partial charge in [0, 0.05) is 6.54 Å². The molecule has 0 aliphatic carbocycles. The van der Waals surface area contributed by atoms with Gasteiger partial charge in [-0.05, 0) is 25.0 Å². The van der Waals surface area contributed by atoms with Crippen LogP contribution in [0.15, 0.2) is 12.1 Å². The van der Waals surface area contributed by atoms with Gasteiger partial charge < -0.3 is 5.32 Å². The van der Waals surface area contributed by atoms with Gasteiger partial charge in [0.05, 0.1) is 21.0 Å². The first-order chi connectivity index (χ1) is 11.3. The van der Waals surface area contributed by atoms with E-state index in [0.29, 0.717) is 38.4 Å². The summed E-state index contributed by atoms with van der Waals surface area (Å²) in [4.78, 5) is 16.9. The highest BCUT2D eigenvalue weighted by atomic mass is 35.5. The van der Waals surface area contributed by atoms with Crippen LogP contribution in [0.1, 0.15) is 19.3 Å². The fourth-order valence-corrected chi connectivity index (χ4v) is 5.30. The Labute approximate surface area is 153 Å². The third-order valence-electron chi connectivity index (χ3n) is 3.86. The zero-order valence-corrected chi connectivity index (χ0v) is 15.9. The molecule has 0 bridgehead atoms. The number of nitrogens with zero attached hydrogens (tertiary/aromatic N) is 2. The molecule has 24 heavy (non-hydrogen) atoms. The highest BCUT2D eigenvalue weighted by molar-refractivity contribution is 7.88. The molecule has 1 saturated heterocycles. The van der Waals surface area contributed by atoms with Gasteiger partial charge in [-0.15, -0.1) is 0 Å². The van der Waals surface area contributed by atoms with Gasteiger partial charge in [-0.25, -0.2) is 13.4 Å². The van der Waals surface area contributed by atoms with Crippen LogP contribution in [0.5, 0.6) is 0 Å². The molecule has 2 aromatic rings. The van der Waals surface area contributed by atoms with Crippen LogP contribution < -0.4 is 5.32 Å². The van der Waals surface area contributed by atoms with E-state index >= 15 is 0 Å². The molecule has 1 unspecified atom stereocenters. The lowest BCUT2D eigenvalue weighted by Crippen LogP contribution is -2.49. The van der Waals surface area contributed by atoms with Crippen LogP contribution >= 0.6 is 34.5 Å². The second-order valence-electron chi connectivity index (χ2n) is 5.60. The van der Waals surface area contributed by atoms with Crippen molar-refractivity contribution in [2.45, 2.75) is 25.3 Å². The Morgan fingerprint density at radius 3 is 2.71 bits per heavy atom. The van der Waals surface area contributed by atoms with Crippen LogP contribution in [-0.4, -0.2) is 42.5 Å². The first-order valence-corrected chi connectivity index (χ1v) is 10.7. The number of carbonyl (C=O) groups is 1. The summed E-state index contributed by atoms with van der Waals surface area (Å²) in [7, 11) is -3.44. The normalized spacial score (nSPS) is 19.5. The van der Waals surface area contributed by atoms with E-state index < -0.39 is 16.1 Å². The minimum Gasteiger partial charge on any atom is -0.301 e. The summed E-state index contributed by atoms with van der Waals surface area (Å²) in [6.45, 7) is 0.356. The van der Waals surface area contributed by atoms with Crippen LogP contribution in [0.3, 0.4) is 0 Å². The maximum absolute atomic E-state index is 12.6. The van der Waals surface area contributed by atoms with Gasteiger partial charge in [-0.1, -0.05) is 41.0 Å². The molecular weight excluding hydrogens is 393 g/mol. The molecule has 0 saturated carbocycles. The highest BCUT2D eigenvalue weighted by Gasteiger charge is 2.34. The third kappa shape index (κ3) is 3.52. The number of anilines is 1. The summed E-state index contributed by atoms with van der Waals surface area (Å²) in [6, 6.07) is 2.60. The SMILES string of the molecule is CS(=O)(=O)N1CCCCC1C(=O)Nc1nc2c(Cl)ccc(Cl)c2s1. The van der Waals surface area contributed by atoms with Crippen molar-refractivity contribution in [3.8, 4) is 0 Å². The second-order valence-corrected chi connectivity index (χ2v) is 9.35. The third-order valence-corrected chi connectivity index (χ3v) is 6.88. The van der Waals surface area contributed by atoms with Crippen LogP contribution in [0.4, 0.5) is 5.13 Å². The summed E-state index contributed by atoms with van der Waals surface area (Å²) in [5.41, 5.74) is 0.521. The Morgan fingerprint density at radius 1 is 1.33 bits per heavy atom. The number of benzene rings is 1. The molecular formula is C14H15Cl2N3O3S2. The Bertz CT molecular complexity index is 859. The second kappa shape index (κ2) is 6.76. The van der Waals surface area contributed by atoms with E-state index in [1.165, 1.54) is 15.6 Å². The number of thiazole rings is 1. The molecule has 3 rings (SSSR count). The van der Waals surface area contributed by atoms with Crippen molar-refractivity contribution >= 4 is 65.8 Å². The molecule has 1 fully saturated rings. The lowest BCUT2D eigenvalue weighted by Gasteiger charge is -2.32. The molecule has 1 aliphatic heterocycles. The van der Waals surface area contributed by atoms with Crippen LogP contribution in [-0.2, 0) is 14.8 Å². The zero-order valence-electron chi connectivity index (χ0n) is 12.8. The van der Waals surface area contributed by atoms with Crippen LogP contribution in [0.25, 0.3) is 10.2 Å². The topological polar surface area (TPSA) is 79.4 Å². The smallest absolute Gasteiger partial charge is 0.244 e. The number of hydrogen-bond donors (Lipinski definition) is 1. The summed E-state index contributed by atoms with van der Waals surface area (Å²) in [6.07, 6.45) is 3.17. The minimum absolute atomic E-state index is 0.351. The van der Waals surface area contributed by atoms with E-state index in [9.17, 15) is 13.2 Å². The first-order valence-electron chi connectivity index (χ1n) is 7.29. The molecule has 2 heterocycles. The van der Waals surface area contributed by atoms with Crippen molar-refractivity contribution in [3.05, 3.63) is 22.2 Å². The fourth-order valence-electron chi connectivity index (χ4n) is 2.75. The van der Waals surface area contributed by atoms with Crippen molar-refractivity contribution < 1.29 is 13.2 Å². The molecule has 1 aliphatic rings. The lowest BCUT2D eigenvalue weighted by molar-refractivity contribution is -0.120. The number of carbonyl (C=O) groups excluding carboxylic acids is 1. The lowest BCUT2D eigenvalue weighted by atomic mass is 10.0. The number of halogens is 2. The number of sulfonamides is 1. The van der Waals surface area contributed by atoms with E-state index in [1.54, 1.807) is 12.1 Å². The highest BCUT2D eigenvalue weighted by Crippen LogP contribution is 2.36. The Hall–Kier alpha value is -0.930. The number of hydrogen-bond acceptors (Lipinski definition) is 5. The standard InChI is InChI=1S/C14H15Cl2N3O3S2/c1-24(21,22)19-7-3-2-4-10(19)13(20)18-14-17-11-8(15)5-6-9(16)12(11)23-14/h5-6,10H,2-4,7H2,1H3,(H,17,18,20). The number of amides is 1. The van der Waals surface area contributed by atoms with Gasteiger partial charge in [0.25, 0.3) is 0 Å². The molecule has 1 N–H and O–H groups in total. The fraction of sp³-hybridized carbons (Fsp3) is 0.429. The number of piperidine rings is 1. The van der Waals surface area contributed by atoms with Crippen LogP contribution in [0, 0.1) is 0 Å². The van der Waals surface area contributed by atoms with Crippen molar-refractivity contribution in [2.24, 2.45) is 0 Å². The maximum atomic E-state index is 12.6. The quantitative estimate of drug-likeness (QED) is 0.845. The number of rotatable bonds is 3. The Balaban J connectivity index is 1.86. The molecule has 6 nitrogen and oxygen atoms in total. The molecule has 0 radical (unpaired) electrons.